The normalized spacial score (nSPS) is 11.4. The highest BCUT2D eigenvalue weighted by Crippen LogP contribution is 2.21. The van der Waals surface area contributed by atoms with Gasteiger partial charge in [0.1, 0.15) is 0 Å². The van der Waals surface area contributed by atoms with E-state index in [2.05, 4.69) is 5.32 Å². The lowest BCUT2D eigenvalue weighted by Gasteiger charge is -2.14. The molecule has 2 aromatic rings. The first kappa shape index (κ1) is 17.9. The number of non-ortho nitro benzene ring substituents is 1. The van der Waals surface area contributed by atoms with Gasteiger partial charge in [0.15, 0.2) is 6.10 Å². The quantitative estimate of drug-likeness (QED) is 0.372. The van der Waals surface area contributed by atoms with Crippen molar-refractivity contribution in [3.05, 3.63) is 63.7 Å². The average Bonchev–Trinajstić information content (AvgIpc) is 2.56. The molecule has 0 heterocycles. The summed E-state index contributed by atoms with van der Waals surface area (Å²) in [6, 6.07) is 10.5. The van der Waals surface area contributed by atoms with Gasteiger partial charge in [-0.15, -0.1) is 0 Å². The fourth-order valence-corrected chi connectivity index (χ4v) is 1.99. The standard InChI is InChI=1S/C17H17N3O5/c1-10-3-5-12(6-4-10)19-16(21)11(2)25-17(22)14-9-13(20(23)24)7-8-15(14)18/h3-9,11H,18H2,1-2H3,(H,19,21)/t11-/m1/s1. The number of aryl methyl sites for hydroxylation is 1. The zero-order valence-electron chi connectivity index (χ0n) is 13.7. The molecule has 0 unspecified atom stereocenters. The number of nitrogens with zero attached hydrogens (tertiary/aromatic N) is 1. The van der Waals surface area contributed by atoms with Crippen LogP contribution in [-0.4, -0.2) is 22.9 Å². The SMILES string of the molecule is Cc1ccc(NC(=O)[C@@H](C)OC(=O)c2cc([N+](=O)[O-])ccc2N)cc1. The van der Waals surface area contributed by atoms with Gasteiger partial charge in [-0.05, 0) is 32.0 Å². The molecule has 0 aliphatic carbocycles. The van der Waals surface area contributed by atoms with E-state index in [1.807, 2.05) is 19.1 Å². The van der Waals surface area contributed by atoms with Gasteiger partial charge < -0.3 is 15.8 Å². The van der Waals surface area contributed by atoms with Gasteiger partial charge in [-0.1, -0.05) is 17.7 Å². The Balaban J connectivity index is 2.06. The predicted molar refractivity (Wildman–Crippen MR) is 92.2 cm³/mol. The Morgan fingerprint density at radius 3 is 2.44 bits per heavy atom. The molecule has 3 N–H and O–H groups in total. The minimum Gasteiger partial charge on any atom is -0.449 e. The van der Waals surface area contributed by atoms with E-state index in [9.17, 15) is 19.7 Å². The number of nitrogen functional groups attached to an aromatic ring is 1. The number of benzene rings is 2. The number of nitro benzene ring substituents is 1. The highest BCUT2D eigenvalue weighted by Gasteiger charge is 2.22. The Morgan fingerprint density at radius 1 is 1.20 bits per heavy atom. The van der Waals surface area contributed by atoms with E-state index in [-0.39, 0.29) is 16.9 Å². The van der Waals surface area contributed by atoms with E-state index < -0.39 is 22.9 Å². The molecule has 130 valence electrons. The summed E-state index contributed by atoms with van der Waals surface area (Å²) in [5, 5.41) is 13.4. The van der Waals surface area contributed by atoms with Crippen LogP contribution in [0.25, 0.3) is 0 Å². The van der Waals surface area contributed by atoms with Crippen LogP contribution in [0.2, 0.25) is 0 Å². The largest absolute Gasteiger partial charge is 0.449 e. The lowest BCUT2D eigenvalue weighted by molar-refractivity contribution is -0.384. The molecule has 0 spiro atoms. The minimum absolute atomic E-state index is 0.0294. The number of hydrogen-bond donors (Lipinski definition) is 2. The topological polar surface area (TPSA) is 125 Å². The lowest BCUT2D eigenvalue weighted by Crippen LogP contribution is -2.30. The van der Waals surface area contributed by atoms with E-state index in [4.69, 9.17) is 10.5 Å². The van der Waals surface area contributed by atoms with E-state index in [1.165, 1.54) is 19.1 Å². The van der Waals surface area contributed by atoms with Crippen LogP contribution in [0.3, 0.4) is 0 Å². The van der Waals surface area contributed by atoms with Crippen molar-refractivity contribution in [1.29, 1.82) is 0 Å². The van der Waals surface area contributed by atoms with Crippen molar-refractivity contribution in [1.82, 2.24) is 0 Å². The average molecular weight is 343 g/mol. The van der Waals surface area contributed by atoms with Gasteiger partial charge in [-0.2, -0.15) is 0 Å². The second kappa shape index (κ2) is 7.43. The molecule has 25 heavy (non-hydrogen) atoms. The van der Waals surface area contributed by atoms with Crippen molar-refractivity contribution in [3.8, 4) is 0 Å². The molecule has 0 aliphatic rings. The van der Waals surface area contributed by atoms with Crippen molar-refractivity contribution in [2.24, 2.45) is 0 Å². The second-order valence-corrected chi connectivity index (χ2v) is 5.43. The molecule has 0 fully saturated rings. The van der Waals surface area contributed by atoms with Crippen molar-refractivity contribution >= 4 is 28.9 Å². The first-order valence-electron chi connectivity index (χ1n) is 7.40. The molecular formula is C17H17N3O5. The van der Waals surface area contributed by atoms with Crippen molar-refractivity contribution in [2.75, 3.05) is 11.1 Å². The monoisotopic (exact) mass is 343 g/mol. The smallest absolute Gasteiger partial charge is 0.341 e. The Hall–Kier alpha value is -3.42. The van der Waals surface area contributed by atoms with Crippen LogP contribution < -0.4 is 11.1 Å². The fourth-order valence-electron chi connectivity index (χ4n) is 1.99. The lowest BCUT2D eigenvalue weighted by atomic mass is 10.1. The summed E-state index contributed by atoms with van der Waals surface area (Å²) in [5.41, 5.74) is 6.83. The molecule has 0 saturated heterocycles. The van der Waals surface area contributed by atoms with Crippen molar-refractivity contribution in [2.45, 2.75) is 20.0 Å². The minimum atomic E-state index is -1.10. The summed E-state index contributed by atoms with van der Waals surface area (Å²) < 4.78 is 5.06. The Morgan fingerprint density at radius 2 is 1.84 bits per heavy atom. The van der Waals surface area contributed by atoms with Gasteiger partial charge >= 0.3 is 5.97 Å². The molecule has 2 rings (SSSR count). The number of anilines is 2. The summed E-state index contributed by atoms with van der Waals surface area (Å²) in [6.45, 7) is 3.31. The third kappa shape index (κ3) is 4.54. The van der Waals surface area contributed by atoms with Crippen LogP contribution in [0.5, 0.6) is 0 Å². The maximum absolute atomic E-state index is 12.1. The molecule has 0 radical (unpaired) electrons. The molecule has 1 atom stereocenters. The maximum atomic E-state index is 12.1. The molecule has 8 heteroatoms. The Bertz CT molecular complexity index is 818. The molecule has 1 amide bonds. The summed E-state index contributed by atoms with van der Waals surface area (Å²) in [5.74, 6) is -1.44. The van der Waals surface area contributed by atoms with E-state index in [1.54, 1.807) is 12.1 Å². The molecule has 0 aromatic heterocycles. The highest BCUT2D eigenvalue weighted by molar-refractivity contribution is 5.99. The highest BCUT2D eigenvalue weighted by atomic mass is 16.6. The second-order valence-electron chi connectivity index (χ2n) is 5.43. The summed E-state index contributed by atoms with van der Waals surface area (Å²) in [4.78, 5) is 34.4. The number of rotatable bonds is 5. The number of nitrogens with two attached hydrogens (primary N) is 1. The van der Waals surface area contributed by atoms with Crippen LogP contribution >= 0.6 is 0 Å². The summed E-state index contributed by atoms with van der Waals surface area (Å²) in [7, 11) is 0. The number of esters is 1. The number of nitrogens with one attached hydrogen (secondary N) is 1. The summed E-state index contributed by atoms with van der Waals surface area (Å²) in [6.07, 6.45) is -1.10. The number of nitro groups is 1. The zero-order valence-corrected chi connectivity index (χ0v) is 13.7. The zero-order chi connectivity index (χ0) is 18.6. The third-order valence-corrected chi connectivity index (χ3v) is 3.44. The fraction of sp³-hybridized carbons (Fsp3) is 0.176. The van der Waals surface area contributed by atoms with E-state index in [0.717, 1.165) is 11.6 Å². The molecule has 0 saturated carbocycles. The summed E-state index contributed by atoms with van der Waals surface area (Å²) >= 11 is 0. The van der Waals surface area contributed by atoms with Crippen LogP contribution in [0.1, 0.15) is 22.8 Å². The first-order valence-corrected chi connectivity index (χ1v) is 7.40. The third-order valence-electron chi connectivity index (χ3n) is 3.44. The van der Waals surface area contributed by atoms with Crippen LogP contribution in [-0.2, 0) is 9.53 Å². The predicted octanol–water partition coefficient (Wildman–Crippen LogP) is 2.67. The van der Waals surface area contributed by atoms with Gasteiger partial charge in [-0.25, -0.2) is 4.79 Å². The number of carbonyl (C=O) groups is 2. The van der Waals surface area contributed by atoms with Crippen LogP contribution in [0.15, 0.2) is 42.5 Å². The molecule has 0 aliphatic heterocycles. The molecule has 2 aromatic carbocycles. The number of hydrogen-bond acceptors (Lipinski definition) is 6. The van der Waals surface area contributed by atoms with Gasteiger partial charge in [0.2, 0.25) is 0 Å². The van der Waals surface area contributed by atoms with E-state index >= 15 is 0 Å². The molecular weight excluding hydrogens is 326 g/mol. The number of carbonyl (C=O) groups excluding carboxylic acids is 2. The van der Waals surface area contributed by atoms with Gasteiger partial charge in [-0.3, -0.25) is 14.9 Å². The number of ether oxygens (including phenoxy) is 1. The number of amides is 1. The Kier molecular flexibility index (Phi) is 5.33. The van der Waals surface area contributed by atoms with E-state index in [0.29, 0.717) is 5.69 Å². The van der Waals surface area contributed by atoms with Crippen LogP contribution in [0, 0.1) is 17.0 Å². The maximum Gasteiger partial charge on any atom is 0.341 e. The van der Waals surface area contributed by atoms with Crippen molar-refractivity contribution in [3.63, 3.8) is 0 Å². The van der Waals surface area contributed by atoms with Crippen molar-refractivity contribution < 1.29 is 19.2 Å². The Labute approximate surface area is 143 Å². The first-order chi connectivity index (χ1) is 11.8. The molecule has 0 bridgehead atoms. The molecule has 8 nitrogen and oxygen atoms in total. The van der Waals surface area contributed by atoms with Gasteiger partial charge in [0.25, 0.3) is 11.6 Å². The van der Waals surface area contributed by atoms with Gasteiger partial charge in [0.05, 0.1) is 10.5 Å². The van der Waals surface area contributed by atoms with Gasteiger partial charge in [0, 0.05) is 23.5 Å². The van der Waals surface area contributed by atoms with Crippen LogP contribution in [0.4, 0.5) is 17.1 Å².